The fourth-order valence-corrected chi connectivity index (χ4v) is 2.87. The van der Waals surface area contributed by atoms with Crippen LogP contribution in [0.25, 0.3) is 0 Å². The van der Waals surface area contributed by atoms with Crippen molar-refractivity contribution < 1.29 is 0 Å². The van der Waals surface area contributed by atoms with Crippen molar-refractivity contribution in [2.75, 3.05) is 19.6 Å². The van der Waals surface area contributed by atoms with Gasteiger partial charge in [0, 0.05) is 19.1 Å². The third-order valence-electron chi connectivity index (χ3n) is 4.07. The van der Waals surface area contributed by atoms with Crippen LogP contribution in [-0.4, -0.2) is 36.1 Å². The summed E-state index contributed by atoms with van der Waals surface area (Å²) in [5.74, 6) is 0.840. The predicted molar refractivity (Wildman–Crippen MR) is 69.6 cm³/mol. The van der Waals surface area contributed by atoms with Crippen molar-refractivity contribution in [1.29, 1.82) is 5.26 Å². The summed E-state index contributed by atoms with van der Waals surface area (Å²) in [6.45, 7) is 7.57. The Morgan fingerprint density at radius 3 is 2.76 bits per heavy atom. The van der Waals surface area contributed by atoms with Gasteiger partial charge in [0.1, 0.15) is 5.54 Å². The van der Waals surface area contributed by atoms with Crippen LogP contribution in [-0.2, 0) is 0 Å². The molecule has 3 heteroatoms. The molecular formula is C14H25N3. The first-order chi connectivity index (χ1) is 8.15. The third kappa shape index (κ3) is 3.69. The number of hydrogen-bond acceptors (Lipinski definition) is 3. The van der Waals surface area contributed by atoms with Gasteiger partial charge in [-0.05, 0) is 45.1 Å². The lowest BCUT2D eigenvalue weighted by Crippen LogP contribution is -2.53. The second-order valence-corrected chi connectivity index (χ2v) is 6.01. The Hall–Kier alpha value is -0.590. The van der Waals surface area contributed by atoms with Crippen LogP contribution >= 0.6 is 0 Å². The van der Waals surface area contributed by atoms with E-state index in [0.717, 1.165) is 12.5 Å². The van der Waals surface area contributed by atoms with E-state index in [2.05, 4.69) is 30.1 Å². The summed E-state index contributed by atoms with van der Waals surface area (Å²) < 4.78 is 0. The maximum absolute atomic E-state index is 9.38. The number of nitrogens with one attached hydrogen (secondary N) is 1. The number of hydrogen-bond donors (Lipinski definition) is 1. The minimum Gasteiger partial charge on any atom is -0.300 e. The summed E-state index contributed by atoms with van der Waals surface area (Å²) >= 11 is 0. The van der Waals surface area contributed by atoms with E-state index in [1.807, 2.05) is 0 Å². The molecule has 0 bridgehead atoms. The van der Waals surface area contributed by atoms with Crippen LogP contribution in [0, 0.1) is 17.2 Å². The van der Waals surface area contributed by atoms with Gasteiger partial charge in [0.2, 0.25) is 0 Å². The minimum atomic E-state index is -0.350. The van der Waals surface area contributed by atoms with Crippen LogP contribution in [0.4, 0.5) is 0 Å². The molecule has 0 amide bonds. The second-order valence-electron chi connectivity index (χ2n) is 6.01. The Morgan fingerprint density at radius 2 is 2.18 bits per heavy atom. The molecule has 2 rings (SSSR count). The first-order valence-corrected chi connectivity index (χ1v) is 7.06. The number of nitriles is 1. The standard InChI is InChI=1S/C14H25N3/c1-3-12-5-4-8-17(9-12)11-14(2,10-15)16-13-6-7-13/h12-13,16H,3-9,11H2,1-2H3. The summed E-state index contributed by atoms with van der Waals surface area (Å²) in [6.07, 6.45) is 6.43. The topological polar surface area (TPSA) is 39.1 Å². The maximum Gasteiger partial charge on any atom is 0.116 e. The van der Waals surface area contributed by atoms with Crippen molar-refractivity contribution in [1.82, 2.24) is 10.2 Å². The Labute approximate surface area is 105 Å². The van der Waals surface area contributed by atoms with Crippen molar-refractivity contribution in [2.24, 2.45) is 5.92 Å². The maximum atomic E-state index is 9.38. The SMILES string of the molecule is CCC1CCCN(CC(C)(C#N)NC2CC2)C1. The van der Waals surface area contributed by atoms with E-state index in [9.17, 15) is 5.26 Å². The first kappa shape index (κ1) is 12.9. The average Bonchev–Trinajstić information content (AvgIpc) is 3.13. The van der Waals surface area contributed by atoms with Crippen LogP contribution < -0.4 is 5.32 Å². The molecule has 1 heterocycles. The van der Waals surface area contributed by atoms with Crippen LogP contribution in [0.5, 0.6) is 0 Å². The molecule has 1 aliphatic heterocycles. The van der Waals surface area contributed by atoms with Crippen LogP contribution in [0.1, 0.15) is 46.0 Å². The number of nitrogens with zero attached hydrogens (tertiary/aromatic N) is 2. The van der Waals surface area contributed by atoms with Crippen LogP contribution in [0.3, 0.4) is 0 Å². The molecule has 2 unspecified atom stereocenters. The summed E-state index contributed by atoms with van der Waals surface area (Å²) in [5.41, 5.74) is -0.350. The molecule has 2 atom stereocenters. The molecular weight excluding hydrogens is 210 g/mol. The fraction of sp³-hybridized carbons (Fsp3) is 0.929. The fourth-order valence-electron chi connectivity index (χ4n) is 2.87. The smallest absolute Gasteiger partial charge is 0.116 e. The summed E-state index contributed by atoms with van der Waals surface area (Å²) in [6, 6.07) is 3.08. The van der Waals surface area contributed by atoms with Crippen molar-refractivity contribution in [3.05, 3.63) is 0 Å². The van der Waals surface area contributed by atoms with Crippen LogP contribution in [0.2, 0.25) is 0 Å². The largest absolute Gasteiger partial charge is 0.300 e. The molecule has 0 radical (unpaired) electrons. The van der Waals surface area contributed by atoms with E-state index in [4.69, 9.17) is 0 Å². The van der Waals surface area contributed by atoms with E-state index in [1.165, 1.54) is 45.2 Å². The lowest BCUT2D eigenvalue weighted by atomic mass is 9.93. The highest BCUT2D eigenvalue weighted by Crippen LogP contribution is 2.25. The quantitative estimate of drug-likeness (QED) is 0.793. The van der Waals surface area contributed by atoms with E-state index in [-0.39, 0.29) is 5.54 Å². The zero-order valence-corrected chi connectivity index (χ0v) is 11.2. The molecule has 0 spiro atoms. The van der Waals surface area contributed by atoms with Gasteiger partial charge in [-0.15, -0.1) is 0 Å². The predicted octanol–water partition coefficient (Wildman–Crippen LogP) is 2.14. The molecule has 3 nitrogen and oxygen atoms in total. The molecule has 1 saturated heterocycles. The highest BCUT2D eigenvalue weighted by atomic mass is 15.2. The average molecular weight is 235 g/mol. The molecule has 0 aromatic carbocycles. The van der Waals surface area contributed by atoms with Crippen molar-refractivity contribution in [2.45, 2.75) is 57.5 Å². The van der Waals surface area contributed by atoms with Gasteiger partial charge in [0.25, 0.3) is 0 Å². The van der Waals surface area contributed by atoms with Crippen molar-refractivity contribution >= 4 is 0 Å². The van der Waals surface area contributed by atoms with Gasteiger partial charge in [0.15, 0.2) is 0 Å². The lowest BCUT2D eigenvalue weighted by molar-refractivity contribution is 0.144. The molecule has 1 aliphatic carbocycles. The minimum absolute atomic E-state index is 0.350. The summed E-state index contributed by atoms with van der Waals surface area (Å²) in [5, 5.41) is 12.9. The zero-order chi connectivity index (χ0) is 12.3. The Kier molecular flexibility index (Phi) is 4.06. The van der Waals surface area contributed by atoms with Gasteiger partial charge in [0.05, 0.1) is 6.07 Å². The highest BCUT2D eigenvalue weighted by molar-refractivity contribution is 5.09. The molecule has 17 heavy (non-hydrogen) atoms. The van der Waals surface area contributed by atoms with E-state index in [0.29, 0.717) is 6.04 Å². The van der Waals surface area contributed by atoms with Gasteiger partial charge in [-0.25, -0.2) is 0 Å². The normalized spacial score (nSPS) is 29.6. The summed E-state index contributed by atoms with van der Waals surface area (Å²) in [4.78, 5) is 2.48. The number of piperidine rings is 1. The van der Waals surface area contributed by atoms with Gasteiger partial charge in [-0.3, -0.25) is 5.32 Å². The lowest BCUT2D eigenvalue weighted by Gasteiger charge is -2.37. The molecule has 2 fully saturated rings. The van der Waals surface area contributed by atoms with Gasteiger partial charge in [-0.2, -0.15) is 5.26 Å². The van der Waals surface area contributed by atoms with Gasteiger partial charge in [-0.1, -0.05) is 13.3 Å². The number of rotatable bonds is 5. The van der Waals surface area contributed by atoms with E-state index >= 15 is 0 Å². The molecule has 2 aliphatic rings. The Bertz CT molecular complexity index is 292. The third-order valence-corrected chi connectivity index (χ3v) is 4.07. The second kappa shape index (κ2) is 5.37. The highest BCUT2D eigenvalue weighted by Gasteiger charge is 2.34. The molecule has 0 aromatic heterocycles. The molecule has 1 N–H and O–H groups in total. The molecule has 1 saturated carbocycles. The Morgan fingerprint density at radius 1 is 1.41 bits per heavy atom. The molecule has 96 valence electrons. The molecule has 0 aromatic rings. The van der Waals surface area contributed by atoms with Gasteiger partial charge < -0.3 is 4.90 Å². The summed E-state index contributed by atoms with van der Waals surface area (Å²) in [7, 11) is 0. The number of likely N-dealkylation sites (tertiary alicyclic amines) is 1. The first-order valence-electron chi connectivity index (χ1n) is 7.06. The van der Waals surface area contributed by atoms with Crippen LogP contribution in [0.15, 0.2) is 0 Å². The Balaban J connectivity index is 1.86. The van der Waals surface area contributed by atoms with E-state index in [1.54, 1.807) is 0 Å². The van der Waals surface area contributed by atoms with Crippen molar-refractivity contribution in [3.63, 3.8) is 0 Å². The van der Waals surface area contributed by atoms with E-state index < -0.39 is 0 Å². The zero-order valence-electron chi connectivity index (χ0n) is 11.2. The van der Waals surface area contributed by atoms with Crippen molar-refractivity contribution in [3.8, 4) is 6.07 Å². The van der Waals surface area contributed by atoms with Gasteiger partial charge >= 0.3 is 0 Å². The monoisotopic (exact) mass is 235 g/mol.